The van der Waals surface area contributed by atoms with Crippen molar-refractivity contribution in [3.63, 3.8) is 0 Å². The number of rotatable bonds is 7. The molecule has 3 aliphatic heterocycles. The topological polar surface area (TPSA) is 95.1 Å². The number of nitrogens with zero attached hydrogens (tertiary/aromatic N) is 4. The van der Waals surface area contributed by atoms with Gasteiger partial charge in [0.2, 0.25) is 5.91 Å². The number of amides is 2. The van der Waals surface area contributed by atoms with Crippen molar-refractivity contribution in [2.45, 2.75) is 63.1 Å². The zero-order valence-corrected chi connectivity index (χ0v) is 25.2. The first kappa shape index (κ1) is 28.0. The molecule has 0 radical (unpaired) electrons. The molecule has 0 spiro atoms. The van der Waals surface area contributed by atoms with E-state index in [4.69, 9.17) is 9.72 Å². The molecule has 9 nitrogen and oxygen atoms in total. The molecule has 5 fully saturated rings. The average Bonchev–Trinajstić information content (AvgIpc) is 3.43. The number of fused-ring (bicyclic) bond motifs is 1. The van der Waals surface area contributed by atoms with E-state index >= 15 is 0 Å². The summed E-state index contributed by atoms with van der Waals surface area (Å²) in [5.74, 6) is 0.487. The van der Waals surface area contributed by atoms with Crippen LogP contribution in [0.1, 0.15) is 55.3 Å². The first-order valence-corrected chi connectivity index (χ1v) is 16.6. The van der Waals surface area contributed by atoms with Gasteiger partial charge >= 0.3 is 0 Å². The van der Waals surface area contributed by atoms with E-state index in [0.717, 1.165) is 87.5 Å². The number of ketones is 1. The predicted octanol–water partition coefficient (Wildman–Crippen LogP) is 3.45. The molecule has 1 aromatic heterocycles. The third kappa shape index (κ3) is 5.49. The molecule has 3 saturated heterocycles. The standard InChI is InChI=1S/C32H41N5O4S/c1-35-13-15-36(16-14-35)32-33-25(19-42-32)21-9-11-23(12-10-21)30(39)34-27(22-5-3-2-4-6-22)31(40)37-17-24(20-7-8-20)29-28(37)26(38)18-41-29/h9-12,19-20,22,24,27-29H,2-8,13-18H2,1H3,(H,34,39)/t24-,27?,28+,29-/m0/s1. The lowest BCUT2D eigenvalue weighted by atomic mass is 9.83. The molecule has 2 aliphatic carbocycles. The third-order valence-electron chi connectivity index (χ3n) is 10.1. The molecular formula is C32H41N5O4S. The minimum atomic E-state index is -0.630. The van der Waals surface area contributed by atoms with Crippen molar-refractivity contribution in [1.29, 1.82) is 0 Å². The van der Waals surface area contributed by atoms with Crippen LogP contribution in [0.2, 0.25) is 0 Å². The van der Waals surface area contributed by atoms with Crippen LogP contribution >= 0.6 is 11.3 Å². The van der Waals surface area contributed by atoms with E-state index in [1.54, 1.807) is 16.2 Å². The van der Waals surface area contributed by atoms with Gasteiger partial charge < -0.3 is 24.8 Å². The number of hydrogen-bond donors (Lipinski definition) is 1. The van der Waals surface area contributed by atoms with Crippen molar-refractivity contribution in [3.05, 3.63) is 35.2 Å². The number of hydrogen-bond acceptors (Lipinski definition) is 8. The summed E-state index contributed by atoms with van der Waals surface area (Å²) >= 11 is 1.66. The van der Waals surface area contributed by atoms with Crippen LogP contribution in [0, 0.1) is 17.8 Å². The molecule has 10 heteroatoms. The summed E-state index contributed by atoms with van der Waals surface area (Å²) in [7, 11) is 2.15. The van der Waals surface area contributed by atoms with Crippen molar-refractivity contribution in [3.8, 4) is 11.3 Å². The fourth-order valence-electron chi connectivity index (χ4n) is 7.44. The maximum Gasteiger partial charge on any atom is 0.251 e. The lowest BCUT2D eigenvalue weighted by molar-refractivity contribution is -0.139. The maximum atomic E-state index is 14.2. The van der Waals surface area contributed by atoms with Crippen LogP contribution in [0.5, 0.6) is 0 Å². The van der Waals surface area contributed by atoms with Gasteiger partial charge in [0.25, 0.3) is 5.91 Å². The SMILES string of the molecule is CN1CCN(c2nc(-c3ccc(C(=O)NC(C(=O)N4C[C@@H](C5CC5)[C@@H]5OCC(=O)[C@H]54)C4CCCCC4)cc3)cs2)CC1. The zero-order valence-electron chi connectivity index (χ0n) is 24.4. The summed E-state index contributed by atoms with van der Waals surface area (Å²) in [6, 6.07) is 6.40. The molecule has 0 bridgehead atoms. The Morgan fingerprint density at radius 3 is 2.48 bits per heavy atom. The third-order valence-corrected chi connectivity index (χ3v) is 11.0. The molecule has 2 amide bonds. The Kier molecular flexibility index (Phi) is 7.79. The van der Waals surface area contributed by atoms with Gasteiger partial charge in [-0.2, -0.15) is 0 Å². The Bertz CT molecular complexity index is 1310. The number of carbonyl (C=O) groups excluding carboxylic acids is 3. The molecule has 42 heavy (non-hydrogen) atoms. The van der Waals surface area contributed by atoms with E-state index in [-0.39, 0.29) is 42.1 Å². The molecule has 224 valence electrons. The lowest BCUT2D eigenvalue weighted by Gasteiger charge is -2.34. The highest BCUT2D eigenvalue weighted by atomic mass is 32.1. The number of aromatic nitrogens is 1. The number of benzene rings is 1. The highest BCUT2D eigenvalue weighted by Gasteiger charge is 2.56. The van der Waals surface area contributed by atoms with Crippen LogP contribution < -0.4 is 10.2 Å². The second-order valence-electron chi connectivity index (χ2n) is 12.9. The van der Waals surface area contributed by atoms with Gasteiger partial charge in [0, 0.05) is 55.1 Å². The largest absolute Gasteiger partial charge is 0.367 e. The van der Waals surface area contributed by atoms with Crippen molar-refractivity contribution in [1.82, 2.24) is 20.1 Å². The monoisotopic (exact) mass is 591 g/mol. The Morgan fingerprint density at radius 2 is 1.76 bits per heavy atom. The minimum absolute atomic E-state index is 0.00127. The van der Waals surface area contributed by atoms with Crippen molar-refractivity contribution in [2.24, 2.45) is 17.8 Å². The number of piperazine rings is 1. The second kappa shape index (κ2) is 11.7. The van der Waals surface area contributed by atoms with Gasteiger partial charge in [-0.05, 0) is 56.7 Å². The lowest BCUT2D eigenvalue weighted by Crippen LogP contribution is -2.55. The summed E-state index contributed by atoms with van der Waals surface area (Å²) in [5, 5.41) is 6.25. The average molecular weight is 592 g/mol. The smallest absolute Gasteiger partial charge is 0.251 e. The Hall–Kier alpha value is -2.82. The zero-order chi connectivity index (χ0) is 28.8. The Balaban J connectivity index is 1.06. The first-order chi connectivity index (χ1) is 20.5. The van der Waals surface area contributed by atoms with Gasteiger partial charge in [-0.3, -0.25) is 14.4 Å². The molecule has 1 aromatic carbocycles. The highest BCUT2D eigenvalue weighted by molar-refractivity contribution is 7.14. The van der Waals surface area contributed by atoms with E-state index in [1.165, 1.54) is 0 Å². The Labute approximate surface area is 251 Å². The van der Waals surface area contributed by atoms with Crippen LogP contribution in [0.4, 0.5) is 5.13 Å². The van der Waals surface area contributed by atoms with Crippen LogP contribution in [-0.4, -0.2) is 96.9 Å². The number of ether oxygens (including phenoxy) is 1. The van der Waals surface area contributed by atoms with Crippen molar-refractivity contribution < 1.29 is 19.1 Å². The summed E-state index contributed by atoms with van der Waals surface area (Å²) in [6.45, 7) is 4.67. The number of likely N-dealkylation sites (N-methyl/N-ethyl adjacent to an activating group) is 1. The Morgan fingerprint density at radius 1 is 1.02 bits per heavy atom. The predicted molar refractivity (Wildman–Crippen MR) is 162 cm³/mol. The summed E-state index contributed by atoms with van der Waals surface area (Å²) in [4.78, 5) is 51.9. The fraction of sp³-hybridized carbons (Fsp3) is 0.625. The molecule has 5 aliphatic rings. The van der Waals surface area contributed by atoms with Gasteiger partial charge in [-0.1, -0.05) is 31.4 Å². The van der Waals surface area contributed by atoms with E-state index in [0.29, 0.717) is 18.0 Å². The molecule has 1 N–H and O–H groups in total. The quantitative estimate of drug-likeness (QED) is 0.527. The maximum absolute atomic E-state index is 14.2. The van der Waals surface area contributed by atoms with Crippen molar-refractivity contribution in [2.75, 3.05) is 51.3 Å². The molecule has 2 saturated carbocycles. The van der Waals surface area contributed by atoms with Crippen LogP contribution in [-0.2, 0) is 14.3 Å². The fourth-order valence-corrected chi connectivity index (χ4v) is 8.33. The highest BCUT2D eigenvalue weighted by Crippen LogP contribution is 2.46. The summed E-state index contributed by atoms with van der Waals surface area (Å²) in [5.41, 5.74) is 2.41. The van der Waals surface area contributed by atoms with Gasteiger partial charge in [-0.15, -0.1) is 11.3 Å². The molecule has 1 unspecified atom stereocenters. The molecule has 7 rings (SSSR count). The second-order valence-corrected chi connectivity index (χ2v) is 13.7. The van der Waals surface area contributed by atoms with E-state index in [1.807, 2.05) is 24.3 Å². The van der Waals surface area contributed by atoms with Crippen molar-refractivity contribution >= 4 is 34.1 Å². The number of carbonyl (C=O) groups is 3. The normalized spacial score (nSPS) is 27.7. The van der Waals surface area contributed by atoms with Crippen LogP contribution in [0.25, 0.3) is 11.3 Å². The number of nitrogens with one attached hydrogen (secondary N) is 1. The number of anilines is 1. The van der Waals surface area contributed by atoms with E-state index in [2.05, 4.69) is 27.5 Å². The number of likely N-dealkylation sites (tertiary alicyclic amines) is 1. The first-order valence-electron chi connectivity index (χ1n) is 15.7. The van der Waals surface area contributed by atoms with Gasteiger partial charge in [0.15, 0.2) is 10.9 Å². The molecule has 4 atom stereocenters. The number of Topliss-reactive ketones (excluding diaryl/α,β-unsaturated/α-hetero) is 1. The van der Waals surface area contributed by atoms with Crippen LogP contribution in [0.15, 0.2) is 29.6 Å². The van der Waals surface area contributed by atoms with Gasteiger partial charge in [-0.25, -0.2) is 4.98 Å². The van der Waals surface area contributed by atoms with E-state index in [9.17, 15) is 14.4 Å². The molecule has 2 aromatic rings. The molecular weight excluding hydrogens is 550 g/mol. The molecule has 4 heterocycles. The minimum Gasteiger partial charge on any atom is -0.367 e. The van der Waals surface area contributed by atoms with Gasteiger partial charge in [0.1, 0.15) is 18.7 Å². The summed E-state index contributed by atoms with van der Waals surface area (Å²) < 4.78 is 5.91. The summed E-state index contributed by atoms with van der Waals surface area (Å²) in [6.07, 6.45) is 7.19. The van der Waals surface area contributed by atoms with Gasteiger partial charge in [0.05, 0.1) is 11.8 Å². The van der Waals surface area contributed by atoms with Crippen LogP contribution in [0.3, 0.4) is 0 Å². The number of thiazole rings is 1. The van der Waals surface area contributed by atoms with E-state index < -0.39 is 12.1 Å².